The van der Waals surface area contributed by atoms with Gasteiger partial charge in [-0.2, -0.15) is 0 Å². The van der Waals surface area contributed by atoms with Crippen molar-refractivity contribution in [2.45, 2.75) is 39.3 Å². The minimum atomic E-state index is -0.463. The van der Waals surface area contributed by atoms with Crippen molar-refractivity contribution in [2.24, 2.45) is 0 Å². The van der Waals surface area contributed by atoms with Gasteiger partial charge in [0.15, 0.2) is 0 Å². The molecule has 1 aromatic carbocycles. The molecule has 0 saturated carbocycles. The van der Waals surface area contributed by atoms with Crippen molar-refractivity contribution >= 4 is 16.8 Å². The first-order valence-corrected chi connectivity index (χ1v) is 8.61. The number of aromatic nitrogens is 2. The zero-order chi connectivity index (χ0) is 18.1. The van der Waals surface area contributed by atoms with Gasteiger partial charge in [-0.3, -0.25) is 14.2 Å². The number of benzene rings is 1. The Morgan fingerprint density at radius 2 is 2.12 bits per heavy atom. The molecule has 1 aliphatic rings. The maximum absolute atomic E-state index is 12.7. The van der Waals surface area contributed by atoms with Gasteiger partial charge in [0.05, 0.1) is 23.6 Å². The Kier molecular flexibility index (Phi) is 4.76. The molecule has 7 heteroatoms. The molecule has 1 amide bonds. The van der Waals surface area contributed by atoms with Gasteiger partial charge in [-0.15, -0.1) is 0 Å². The van der Waals surface area contributed by atoms with E-state index < -0.39 is 5.69 Å². The summed E-state index contributed by atoms with van der Waals surface area (Å²) in [5.41, 5.74) is 0.0411. The van der Waals surface area contributed by atoms with E-state index in [1.54, 1.807) is 36.9 Å². The van der Waals surface area contributed by atoms with Crippen molar-refractivity contribution in [2.75, 3.05) is 19.7 Å². The first kappa shape index (κ1) is 17.4. The summed E-state index contributed by atoms with van der Waals surface area (Å²) < 4.78 is 6.77. The van der Waals surface area contributed by atoms with Crippen LogP contribution >= 0.6 is 0 Å². The number of nitrogens with one attached hydrogen (secondary N) is 1. The molecule has 1 unspecified atom stereocenters. The molecule has 1 saturated heterocycles. The first-order valence-electron chi connectivity index (χ1n) is 8.61. The van der Waals surface area contributed by atoms with Crippen LogP contribution in [0.15, 0.2) is 27.8 Å². The number of aromatic amines is 1. The lowest BCUT2D eigenvalue weighted by Crippen LogP contribution is -2.45. The van der Waals surface area contributed by atoms with Crippen LogP contribution in [0.3, 0.4) is 0 Å². The third kappa shape index (κ3) is 3.24. The van der Waals surface area contributed by atoms with Crippen LogP contribution in [0.1, 0.15) is 43.6 Å². The standard InChI is InChI=1S/C18H23N3O4/c1-4-13-10-20(7-8-25-13)16(22)12-5-6-14-15(9-12)19-18(24)21(11(2)3)17(14)23/h5-6,9,11,13H,4,7-8,10H2,1-3H3,(H,19,24). The Labute approximate surface area is 145 Å². The highest BCUT2D eigenvalue weighted by Crippen LogP contribution is 2.15. The molecule has 1 aliphatic heterocycles. The van der Waals surface area contributed by atoms with Crippen LogP contribution < -0.4 is 11.2 Å². The van der Waals surface area contributed by atoms with E-state index in [2.05, 4.69) is 4.98 Å². The Balaban J connectivity index is 1.99. The van der Waals surface area contributed by atoms with E-state index >= 15 is 0 Å². The third-order valence-electron chi connectivity index (χ3n) is 4.57. The van der Waals surface area contributed by atoms with Crippen LogP contribution in [0, 0.1) is 0 Å². The number of carbonyl (C=O) groups is 1. The zero-order valence-electron chi connectivity index (χ0n) is 14.7. The number of H-pyrrole nitrogens is 1. The molecule has 134 valence electrons. The lowest BCUT2D eigenvalue weighted by atomic mass is 10.1. The highest BCUT2D eigenvalue weighted by Gasteiger charge is 2.24. The highest BCUT2D eigenvalue weighted by atomic mass is 16.5. The van der Waals surface area contributed by atoms with Crippen LogP contribution in [-0.4, -0.2) is 46.2 Å². The normalized spacial score (nSPS) is 18.1. The molecule has 1 fully saturated rings. The number of fused-ring (bicyclic) bond motifs is 1. The smallest absolute Gasteiger partial charge is 0.329 e. The summed E-state index contributed by atoms with van der Waals surface area (Å²) in [6.07, 6.45) is 0.903. The average molecular weight is 345 g/mol. The number of hydrogen-bond donors (Lipinski definition) is 1. The van der Waals surface area contributed by atoms with Crippen molar-refractivity contribution < 1.29 is 9.53 Å². The molecule has 0 bridgehead atoms. The molecule has 0 spiro atoms. The number of morpholine rings is 1. The maximum Gasteiger partial charge on any atom is 0.329 e. The summed E-state index contributed by atoms with van der Waals surface area (Å²) in [7, 11) is 0. The molecule has 1 atom stereocenters. The largest absolute Gasteiger partial charge is 0.375 e. The number of carbonyl (C=O) groups excluding carboxylic acids is 1. The second-order valence-electron chi connectivity index (χ2n) is 6.61. The third-order valence-corrected chi connectivity index (χ3v) is 4.57. The van der Waals surface area contributed by atoms with E-state index in [0.717, 1.165) is 6.42 Å². The summed E-state index contributed by atoms with van der Waals surface area (Å²) in [6, 6.07) is 4.60. The Morgan fingerprint density at radius 1 is 1.36 bits per heavy atom. The fourth-order valence-electron chi connectivity index (χ4n) is 3.17. The Hall–Kier alpha value is -2.41. The van der Waals surface area contributed by atoms with Crippen molar-refractivity contribution in [1.29, 1.82) is 0 Å². The monoisotopic (exact) mass is 345 g/mol. The van der Waals surface area contributed by atoms with Crippen molar-refractivity contribution in [1.82, 2.24) is 14.5 Å². The van der Waals surface area contributed by atoms with E-state index in [4.69, 9.17) is 4.74 Å². The first-order chi connectivity index (χ1) is 11.9. The van der Waals surface area contributed by atoms with Gasteiger partial charge in [0.2, 0.25) is 0 Å². The van der Waals surface area contributed by atoms with E-state index in [-0.39, 0.29) is 23.6 Å². The summed E-state index contributed by atoms with van der Waals surface area (Å²) >= 11 is 0. The van der Waals surface area contributed by atoms with E-state index in [0.29, 0.717) is 36.2 Å². The lowest BCUT2D eigenvalue weighted by molar-refractivity contribution is -0.0226. The molecule has 25 heavy (non-hydrogen) atoms. The number of rotatable bonds is 3. The van der Waals surface area contributed by atoms with Crippen molar-refractivity contribution in [3.05, 3.63) is 44.6 Å². The van der Waals surface area contributed by atoms with Crippen molar-refractivity contribution in [3.8, 4) is 0 Å². The second-order valence-corrected chi connectivity index (χ2v) is 6.61. The molecule has 0 aliphatic carbocycles. The topological polar surface area (TPSA) is 84.4 Å². The minimum Gasteiger partial charge on any atom is -0.375 e. The van der Waals surface area contributed by atoms with E-state index in [1.807, 2.05) is 6.92 Å². The van der Waals surface area contributed by atoms with Gasteiger partial charge in [-0.25, -0.2) is 4.79 Å². The van der Waals surface area contributed by atoms with Crippen LogP contribution in [-0.2, 0) is 4.74 Å². The fraction of sp³-hybridized carbons (Fsp3) is 0.500. The van der Waals surface area contributed by atoms with Gasteiger partial charge in [0.25, 0.3) is 11.5 Å². The summed E-state index contributed by atoms with van der Waals surface area (Å²) in [5.74, 6) is -0.113. The second kappa shape index (κ2) is 6.84. The van der Waals surface area contributed by atoms with Crippen LogP contribution in [0.25, 0.3) is 10.9 Å². The van der Waals surface area contributed by atoms with Crippen LogP contribution in [0.5, 0.6) is 0 Å². The molecule has 1 aromatic heterocycles. The van der Waals surface area contributed by atoms with E-state index in [9.17, 15) is 14.4 Å². The SMILES string of the molecule is CCC1CN(C(=O)c2ccc3c(=O)n(C(C)C)c(=O)[nH]c3c2)CCO1. The number of ether oxygens (including phenoxy) is 1. The zero-order valence-corrected chi connectivity index (χ0v) is 14.7. The minimum absolute atomic E-state index is 0.0520. The van der Waals surface area contributed by atoms with E-state index in [1.165, 1.54) is 4.57 Å². The predicted octanol–water partition coefficient (Wildman–Crippen LogP) is 1.52. The molecule has 1 N–H and O–H groups in total. The molecular weight excluding hydrogens is 322 g/mol. The molecular formula is C18H23N3O4. The molecule has 3 rings (SSSR count). The number of hydrogen-bond acceptors (Lipinski definition) is 4. The summed E-state index contributed by atoms with van der Waals surface area (Å²) in [4.78, 5) is 41.9. The molecule has 2 aromatic rings. The number of amides is 1. The van der Waals surface area contributed by atoms with Gasteiger partial charge >= 0.3 is 5.69 Å². The van der Waals surface area contributed by atoms with Gasteiger partial charge < -0.3 is 14.6 Å². The summed E-state index contributed by atoms with van der Waals surface area (Å²) in [5, 5.41) is 0.401. The number of nitrogens with zero attached hydrogens (tertiary/aromatic N) is 2. The average Bonchev–Trinajstić information content (AvgIpc) is 2.60. The summed E-state index contributed by atoms with van der Waals surface area (Å²) in [6.45, 7) is 7.20. The molecule has 2 heterocycles. The predicted molar refractivity (Wildman–Crippen MR) is 95.1 cm³/mol. The highest BCUT2D eigenvalue weighted by molar-refractivity contribution is 5.97. The maximum atomic E-state index is 12.7. The lowest BCUT2D eigenvalue weighted by Gasteiger charge is -2.32. The van der Waals surface area contributed by atoms with Crippen LogP contribution in [0.2, 0.25) is 0 Å². The Bertz CT molecular complexity index is 913. The van der Waals surface area contributed by atoms with Gasteiger partial charge in [-0.05, 0) is 38.5 Å². The Morgan fingerprint density at radius 3 is 2.80 bits per heavy atom. The quantitative estimate of drug-likeness (QED) is 0.914. The van der Waals surface area contributed by atoms with Gasteiger partial charge in [0, 0.05) is 24.7 Å². The molecule has 7 nitrogen and oxygen atoms in total. The molecule has 0 radical (unpaired) electrons. The fourth-order valence-corrected chi connectivity index (χ4v) is 3.17. The van der Waals surface area contributed by atoms with Gasteiger partial charge in [0.1, 0.15) is 0 Å². The van der Waals surface area contributed by atoms with Crippen LogP contribution in [0.4, 0.5) is 0 Å². The van der Waals surface area contributed by atoms with Crippen molar-refractivity contribution in [3.63, 3.8) is 0 Å². The van der Waals surface area contributed by atoms with Gasteiger partial charge in [-0.1, -0.05) is 6.92 Å².